The normalized spacial score (nSPS) is 17.5. The number of nitriles is 1. The summed E-state index contributed by atoms with van der Waals surface area (Å²) in [5.74, 6) is 0.930. The molecule has 2 heterocycles. The van der Waals surface area contributed by atoms with E-state index in [9.17, 15) is 0 Å². The maximum Gasteiger partial charge on any atom is 0.208 e. The zero-order valence-electron chi connectivity index (χ0n) is 8.73. The van der Waals surface area contributed by atoms with Crippen molar-refractivity contribution in [3.8, 4) is 6.19 Å². The first kappa shape index (κ1) is 12.5. The minimum atomic E-state index is 0.375. The molecule has 88 valence electrons. The second-order valence-electron chi connectivity index (χ2n) is 3.36. The molecule has 1 saturated heterocycles. The van der Waals surface area contributed by atoms with E-state index in [1.54, 1.807) is 30.2 Å². The summed E-state index contributed by atoms with van der Waals surface area (Å²) in [6.07, 6.45) is 3.46. The van der Waals surface area contributed by atoms with Gasteiger partial charge in [-0.15, -0.1) is 4.99 Å². The molecule has 1 aromatic rings. The summed E-state index contributed by atoms with van der Waals surface area (Å²) in [4.78, 5) is 9.77. The quantitative estimate of drug-likeness (QED) is 0.620. The summed E-state index contributed by atoms with van der Waals surface area (Å²) in [5, 5.41) is 10.3. The van der Waals surface area contributed by atoms with Gasteiger partial charge < -0.3 is 4.90 Å². The second kappa shape index (κ2) is 5.58. The van der Waals surface area contributed by atoms with Crippen LogP contribution in [0.2, 0.25) is 10.2 Å². The Balaban J connectivity index is 2.16. The lowest BCUT2D eigenvalue weighted by molar-refractivity contribution is 0.456. The third-order valence-electron chi connectivity index (χ3n) is 2.27. The molecule has 1 aromatic heterocycles. The lowest BCUT2D eigenvalue weighted by atomic mass is 10.2. The van der Waals surface area contributed by atoms with Crippen LogP contribution in [0, 0.1) is 11.5 Å². The fourth-order valence-corrected chi connectivity index (χ4v) is 2.85. The number of hydrogen-bond acceptors (Lipinski definition) is 4. The molecular formula is C10H8Cl2N4S. The molecule has 1 fully saturated rings. The number of hydrogen-bond donors (Lipinski definition) is 0. The van der Waals surface area contributed by atoms with Gasteiger partial charge in [-0.1, -0.05) is 35.0 Å². The van der Waals surface area contributed by atoms with E-state index in [0.717, 1.165) is 23.0 Å². The standard InChI is InChI=1S/C10H8Cl2N4S/c11-8-3-9(12)14-4-7(8)5-16-1-2-17-10(16)15-6-13/h3-4H,1-2,5H2/b15-10+. The molecule has 2 rings (SSSR count). The van der Waals surface area contributed by atoms with E-state index >= 15 is 0 Å². The Morgan fingerprint density at radius 1 is 1.59 bits per heavy atom. The Bertz CT molecular complexity index is 498. The van der Waals surface area contributed by atoms with Crippen molar-refractivity contribution in [2.75, 3.05) is 12.3 Å². The van der Waals surface area contributed by atoms with Crippen LogP contribution in [0.4, 0.5) is 0 Å². The minimum absolute atomic E-state index is 0.375. The highest BCUT2D eigenvalue weighted by Gasteiger charge is 2.20. The van der Waals surface area contributed by atoms with Gasteiger partial charge in [0.25, 0.3) is 0 Å². The molecule has 0 saturated carbocycles. The van der Waals surface area contributed by atoms with Crippen LogP contribution < -0.4 is 0 Å². The van der Waals surface area contributed by atoms with Crippen LogP contribution in [0.25, 0.3) is 0 Å². The van der Waals surface area contributed by atoms with Crippen molar-refractivity contribution in [3.05, 3.63) is 28.0 Å². The number of amidine groups is 1. The van der Waals surface area contributed by atoms with Crippen LogP contribution in [-0.2, 0) is 6.54 Å². The highest BCUT2D eigenvalue weighted by Crippen LogP contribution is 2.24. The molecule has 4 nitrogen and oxygen atoms in total. The van der Waals surface area contributed by atoms with Gasteiger partial charge >= 0.3 is 0 Å². The predicted octanol–water partition coefficient (Wildman–Crippen LogP) is 2.77. The van der Waals surface area contributed by atoms with Crippen molar-refractivity contribution >= 4 is 40.1 Å². The van der Waals surface area contributed by atoms with Gasteiger partial charge in [0.1, 0.15) is 5.15 Å². The van der Waals surface area contributed by atoms with E-state index < -0.39 is 0 Å². The van der Waals surface area contributed by atoms with Crippen LogP contribution >= 0.6 is 35.0 Å². The smallest absolute Gasteiger partial charge is 0.208 e. The van der Waals surface area contributed by atoms with E-state index in [4.69, 9.17) is 28.5 Å². The second-order valence-corrected chi connectivity index (χ2v) is 5.22. The summed E-state index contributed by atoms with van der Waals surface area (Å²) in [7, 11) is 0. The van der Waals surface area contributed by atoms with Crippen LogP contribution in [0.15, 0.2) is 17.3 Å². The van der Waals surface area contributed by atoms with Crippen molar-refractivity contribution in [1.29, 1.82) is 5.26 Å². The van der Waals surface area contributed by atoms with Crippen LogP contribution in [0.5, 0.6) is 0 Å². The summed E-state index contributed by atoms with van der Waals surface area (Å²) in [5.41, 5.74) is 0.879. The first-order valence-electron chi connectivity index (χ1n) is 4.85. The lowest BCUT2D eigenvalue weighted by Crippen LogP contribution is -2.23. The number of thioether (sulfide) groups is 1. The van der Waals surface area contributed by atoms with Crippen molar-refractivity contribution < 1.29 is 0 Å². The van der Waals surface area contributed by atoms with Crippen molar-refractivity contribution in [2.24, 2.45) is 4.99 Å². The average Bonchev–Trinajstić information content (AvgIpc) is 2.71. The number of halogens is 2. The third-order valence-corrected chi connectivity index (χ3v) is 3.82. The number of pyridine rings is 1. The van der Waals surface area contributed by atoms with Gasteiger partial charge in [0, 0.05) is 30.6 Å². The SMILES string of the molecule is N#C/N=C1/SCCN1Cc1cnc(Cl)cc1Cl. The molecule has 1 aliphatic rings. The Kier molecular flexibility index (Phi) is 4.11. The zero-order valence-corrected chi connectivity index (χ0v) is 11.1. The van der Waals surface area contributed by atoms with Gasteiger partial charge in [-0.25, -0.2) is 4.98 Å². The van der Waals surface area contributed by atoms with E-state index in [2.05, 4.69) is 9.98 Å². The fourth-order valence-electron chi connectivity index (χ4n) is 1.48. The molecule has 0 N–H and O–H groups in total. The third kappa shape index (κ3) is 3.03. The molecule has 0 radical (unpaired) electrons. The number of nitrogens with zero attached hydrogens (tertiary/aromatic N) is 4. The van der Waals surface area contributed by atoms with Crippen LogP contribution in [0.1, 0.15) is 5.56 Å². The monoisotopic (exact) mass is 286 g/mol. The summed E-state index contributed by atoms with van der Waals surface area (Å²) >= 11 is 13.4. The molecule has 0 bridgehead atoms. The number of aliphatic imine (C=N–C) groups is 1. The first-order valence-corrected chi connectivity index (χ1v) is 6.59. The van der Waals surface area contributed by atoms with Gasteiger partial charge in [0.05, 0.1) is 5.02 Å². The first-order chi connectivity index (χ1) is 8.20. The highest BCUT2D eigenvalue weighted by molar-refractivity contribution is 8.14. The minimum Gasteiger partial charge on any atom is -0.345 e. The van der Waals surface area contributed by atoms with Gasteiger partial charge in [0.15, 0.2) is 5.17 Å². The van der Waals surface area contributed by atoms with Crippen molar-refractivity contribution in [2.45, 2.75) is 6.54 Å². The molecule has 7 heteroatoms. The molecule has 0 amide bonds. The number of aromatic nitrogens is 1. The van der Waals surface area contributed by atoms with Crippen LogP contribution in [-0.4, -0.2) is 27.3 Å². The van der Waals surface area contributed by atoms with Crippen LogP contribution in [0.3, 0.4) is 0 Å². The maximum atomic E-state index is 8.57. The Labute approximate surface area is 113 Å². The lowest BCUT2D eigenvalue weighted by Gasteiger charge is -2.17. The van der Waals surface area contributed by atoms with E-state index in [1.807, 2.05) is 4.90 Å². The molecule has 17 heavy (non-hydrogen) atoms. The Hall–Kier alpha value is -0.960. The molecule has 0 aliphatic carbocycles. The summed E-state index contributed by atoms with van der Waals surface area (Å²) < 4.78 is 0. The zero-order chi connectivity index (χ0) is 12.3. The number of rotatable bonds is 2. The van der Waals surface area contributed by atoms with E-state index in [0.29, 0.717) is 16.7 Å². The van der Waals surface area contributed by atoms with E-state index in [1.165, 1.54) is 0 Å². The van der Waals surface area contributed by atoms with Gasteiger partial charge in [-0.3, -0.25) is 0 Å². The summed E-state index contributed by atoms with van der Waals surface area (Å²) in [6.45, 7) is 1.45. The fraction of sp³-hybridized carbons (Fsp3) is 0.300. The molecule has 0 atom stereocenters. The van der Waals surface area contributed by atoms with Gasteiger partial charge in [0.2, 0.25) is 6.19 Å². The van der Waals surface area contributed by atoms with Crippen molar-refractivity contribution in [1.82, 2.24) is 9.88 Å². The molecule has 0 spiro atoms. The Morgan fingerprint density at radius 3 is 3.12 bits per heavy atom. The summed E-state index contributed by atoms with van der Waals surface area (Å²) in [6, 6.07) is 1.61. The van der Waals surface area contributed by atoms with Gasteiger partial charge in [-0.2, -0.15) is 5.26 Å². The average molecular weight is 287 g/mol. The largest absolute Gasteiger partial charge is 0.345 e. The van der Waals surface area contributed by atoms with Gasteiger partial charge in [-0.05, 0) is 6.07 Å². The molecule has 0 aromatic carbocycles. The maximum absolute atomic E-state index is 8.57. The predicted molar refractivity (Wildman–Crippen MR) is 70.2 cm³/mol. The Morgan fingerprint density at radius 2 is 2.41 bits per heavy atom. The topological polar surface area (TPSA) is 52.3 Å². The van der Waals surface area contributed by atoms with E-state index in [-0.39, 0.29) is 0 Å². The van der Waals surface area contributed by atoms with Crippen molar-refractivity contribution in [3.63, 3.8) is 0 Å². The molecule has 0 unspecified atom stereocenters. The molecule has 1 aliphatic heterocycles. The highest BCUT2D eigenvalue weighted by atomic mass is 35.5. The molecular weight excluding hydrogens is 279 g/mol.